The summed E-state index contributed by atoms with van der Waals surface area (Å²) < 4.78 is 5.59. The van der Waals surface area contributed by atoms with Crippen molar-refractivity contribution < 1.29 is 4.74 Å². The van der Waals surface area contributed by atoms with Crippen LogP contribution in [0.4, 0.5) is 0 Å². The first-order valence-electron chi connectivity index (χ1n) is 5.50. The first-order valence-corrected chi connectivity index (χ1v) is 5.50. The standard InChI is InChI=1S/C13H20O/c1-4-9-14-13-8-6-7-12(10-13)11(3)5-2/h6-8,10-11H,4-5,9H2,1-3H3. The van der Waals surface area contributed by atoms with Crippen LogP contribution in [0.5, 0.6) is 5.75 Å². The van der Waals surface area contributed by atoms with Gasteiger partial charge >= 0.3 is 0 Å². The summed E-state index contributed by atoms with van der Waals surface area (Å²) in [7, 11) is 0. The number of hydrogen-bond acceptors (Lipinski definition) is 1. The van der Waals surface area contributed by atoms with Crippen molar-refractivity contribution in [1.29, 1.82) is 0 Å². The maximum Gasteiger partial charge on any atom is 0.119 e. The molecule has 0 bridgehead atoms. The van der Waals surface area contributed by atoms with Crippen molar-refractivity contribution in [3.05, 3.63) is 29.8 Å². The zero-order valence-electron chi connectivity index (χ0n) is 9.42. The van der Waals surface area contributed by atoms with Gasteiger partial charge in [0.1, 0.15) is 5.75 Å². The molecular formula is C13H20O. The Morgan fingerprint density at radius 1 is 1.29 bits per heavy atom. The second kappa shape index (κ2) is 5.69. The summed E-state index contributed by atoms with van der Waals surface area (Å²) in [6, 6.07) is 8.44. The number of hydrogen-bond donors (Lipinski definition) is 0. The number of rotatable bonds is 5. The minimum absolute atomic E-state index is 0.625. The van der Waals surface area contributed by atoms with Gasteiger partial charge in [0.05, 0.1) is 6.61 Å². The molecule has 0 aliphatic rings. The molecule has 0 saturated carbocycles. The molecule has 1 unspecified atom stereocenters. The van der Waals surface area contributed by atoms with Crippen molar-refractivity contribution in [2.45, 2.75) is 39.5 Å². The van der Waals surface area contributed by atoms with E-state index >= 15 is 0 Å². The molecule has 0 fully saturated rings. The molecule has 1 aromatic rings. The Hall–Kier alpha value is -0.980. The average Bonchev–Trinajstić information content (AvgIpc) is 2.25. The second-order valence-electron chi connectivity index (χ2n) is 3.73. The lowest BCUT2D eigenvalue weighted by molar-refractivity contribution is 0.317. The van der Waals surface area contributed by atoms with Crippen molar-refractivity contribution in [3.63, 3.8) is 0 Å². The minimum atomic E-state index is 0.625. The van der Waals surface area contributed by atoms with E-state index in [4.69, 9.17) is 4.74 Å². The first kappa shape index (κ1) is 11.1. The average molecular weight is 192 g/mol. The van der Waals surface area contributed by atoms with Crippen molar-refractivity contribution in [2.24, 2.45) is 0 Å². The predicted octanol–water partition coefficient (Wildman–Crippen LogP) is 3.99. The van der Waals surface area contributed by atoms with Gasteiger partial charge in [-0.15, -0.1) is 0 Å². The Labute approximate surface area is 87.1 Å². The highest BCUT2D eigenvalue weighted by Crippen LogP contribution is 2.22. The van der Waals surface area contributed by atoms with Crippen LogP contribution in [-0.2, 0) is 0 Å². The third-order valence-electron chi connectivity index (χ3n) is 2.51. The van der Waals surface area contributed by atoms with E-state index in [1.54, 1.807) is 0 Å². The van der Waals surface area contributed by atoms with Crippen molar-refractivity contribution in [3.8, 4) is 5.75 Å². The maximum absolute atomic E-state index is 5.59. The van der Waals surface area contributed by atoms with Crippen LogP contribution >= 0.6 is 0 Å². The summed E-state index contributed by atoms with van der Waals surface area (Å²) in [6.45, 7) is 7.39. The Balaban J connectivity index is 2.68. The molecule has 0 spiro atoms. The smallest absolute Gasteiger partial charge is 0.119 e. The van der Waals surface area contributed by atoms with Gasteiger partial charge in [0.25, 0.3) is 0 Å². The molecule has 1 heteroatoms. The molecule has 78 valence electrons. The summed E-state index contributed by atoms with van der Waals surface area (Å²) in [5.41, 5.74) is 1.38. The van der Waals surface area contributed by atoms with Crippen LogP contribution in [0.25, 0.3) is 0 Å². The highest BCUT2D eigenvalue weighted by molar-refractivity contribution is 5.30. The van der Waals surface area contributed by atoms with Crippen LogP contribution < -0.4 is 4.74 Å². The van der Waals surface area contributed by atoms with Gasteiger partial charge in [-0.3, -0.25) is 0 Å². The fraction of sp³-hybridized carbons (Fsp3) is 0.538. The summed E-state index contributed by atoms with van der Waals surface area (Å²) in [5, 5.41) is 0. The Morgan fingerprint density at radius 3 is 2.71 bits per heavy atom. The topological polar surface area (TPSA) is 9.23 Å². The molecule has 0 aliphatic heterocycles. The van der Waals surface area contributed by atoms with Gasteiger partial charge in [0.2, 0.25) is 0 Å². The molecule has 1 rings (SSSR count). The lowest BCUT2D eigenvalue weighted by atomic mass is 9.99. The molecule has 14 heavy (non-hydrogen) atoms. The van der Waals surface area contributed by atoms with Crippen LogP contribution in [0.3, 0.4) is 0 Å². The fourth-order valence-corrected chi connectivity index (χ4v) is 1.37. The number of benzene rings is 1. The molecule has 0 aromatic heterocycles. The zero-order valence-corrected chi connectivity index (χ0v) is 9.42. The Kier molecular flexibility index (Phi) is 4.51. The highest BCUT2D eigenvalue weighted by Gasteiger charge is 2.03. The van der Waals surface area contributed by atoms with E-state index in [2.05, 4.69) is 39.0 Å². The summed E-state index contributed by atoms with van der Waals surface area (Å²) in [5.74, 6) is 1.63. The van der Waals surface area contributed by atoms with E-state index in [0.717, 1.165) is 18.8 Å². The Bertz CT molecular complexity index is 268. The van der Waals surface area contributed by atoms with E-state index in [1.165, 1.54) is 12.0 Å². The molecule has 0 aliphatic carbocycles. The minimum Gasteiger partial charge on any atom is -0.494 e. The molecule has 0 saturated heterocycles. The van der Waals surface area contributed by atoms with E-state index < -0.39 is 0 Å². The zero-order chi connectivity index (χ0) is 10.4. The van der Waals surface area contributed by atoms with Crippen LogP contribution in [0.1, 0.15) is 45.1 Å². The molecule has 0 amide bonds. The molecule has 1 nitrogen and oxygen atoms in total. The van der Waals surface area contributed by atoms with Crippen LogP contribution in [-0.4, -0.2) is 6.61 Å². The van der Waals surface area contributed by atoms with Gasteiger partial charge in [-0.2, -0.15) is 0 Å². The summed E-state index contributed by atoms with van der Waals surface area (Å²) >= 11 is 0. The molecule has 0 heterocycles. The fourth-order valence-electron chi connectivity index (χ4n) is 1.37. The SMILES string of the molecule is CCCOc1cccc(C(C)CC)c1. The maximum atomic E-state index is 5.59. The molecule has 0 radical (unpaired) electrons. The van der Waals surface area contributed by atoms with Gasteiger partial charge in [-0.05, 0) is 36.5 Å². The van der Waals surface area contributed by atoms with Crippen LogP contribution in [0.15, 0.2) is 24.3 Å². The van der Waals surface area contributed by atoms with Crippen molar-refractivity contribution in [2.75, 3.05) is 6.61 Å². The van der Waals surface area contributed by atoms with Gasteiger partial charge in [-0.1, -0.05) is 32.9 Å². The third-order valence-corrected chi connectivity index (χ3v) is 2.51. The van der Waals surface area contributed by atoms with Crippen LogP contribution in [0.2, 0.25) is 0 Å². The largest absolute Gasteiger partial charge is 0.494 e. The van der Waals surface area contributed by atoms with Gasteiger partial charge < -0.3 is 4.74 Å². The highest BCUT2D eigenvalue weighted by atomic mass is 16.5. The molecular weight excluding hydrogens is 172 g/mol. The number of ether oxygens (including phenoxy) is 1. The molecule has 1 atom stereocenters. The molecule has 1 aromatic carbocycles. The lowest BCUT2D eigenvalue weighted by Gasteiger charge is -2.11. The predicted molar refractivity (Wildman–Crippen MR) is 60.9 cm³/mol. The van der Waals surface area contributed by atoms with Crippen molar-refractivity contribution >= 4 is 0 Å². The Morgan fingerprint density at radius 2 is 2.07 bits per heavy atom. The van der Waals surface area contributed by atoms with E-state index in [1.807, 2.05) is 6.07 Å². The van der Waals surface area contributed by atoms with Gasteiger partial charge in [-0.25, -0.2) is 0 Å². The summed E-state index contributed by atoms with van der Waals surface area (Å²) in [6.07, 6.45) is 2.24. The first-order chi connectivity index (χ1) is 6.77. The van der Waals surface area contributed by atoms with Crippen molar-refractivity contribution in [1.82, 2.24) is 0 Å². The quantitative estimate of drug-likeness (QED) is 0.685. The van der Waals surface area contributed by atoms with Gasteiger partial charge in [0.15, 0.2) is 0 Å². The van der Waals surface area contributed by atoms with E-state index in [-0.39, 0.29) is 0 Å². The monoisotopic (exact) mass is 192 g/mol. The van der Waals surface area contributed by atoms with E-state index in [9.17, 15) is 0 Å². The third kappa shape index (κ3) is 3.06. The lowest BCUT2D eigenvalue weighted by Crippen LogP contribution is -1.97. The second-order valence-corrected chi connectivity index (χ2v) is 3.73. The van der Waals surface area contributed by atoms with Crippen LogP contribution in [0, 0.1) is 0 Å². The normalized spacial score (nSPS) is 12.5. The van der Waals surface area contributed by atoms with E-state index in [0.29, 0.717) is 5.92 Å². The summed E-state index contributed by atoms with van der Waals surface area (Å²) in [4.78, 5) is 0. The van der Waals surface area contributed by atoms with Gasteiger partial charge in [0, 0.05) is 0 Å². The molecule has 0 N–H and O–H groups in total.